The van der Waals surface area contributed by atoms with Gasteiger partial charge in [-0.15, -0.1) is 0 Å². The Kier molecular flexibility index (Phi) is 6.37. The lowest BCUT2D eigenvalue weighted by Crippen LogP contribution is -2.48. The van der Waals surface area contributed by atoms with Gasteiger partial charge in [-0.3, -0.25) is 4.18 Å². The van der Waals surface area contributed by atoms with Gasteiger partial charge in [-0.2, -0.15) is 21.6 Å². The summed E-state index contributed by atoms with van der Waals surface area (Å²) in [6.45, 7) is 1.71. The first-order valence-corrected chi connectivity index (χ1v) is 9.25. The number of amides is 1. The fourth-order valence-electron chi connectivity index (χ4n) is 2.75. The summed E-state index contributed by atoms with van der Waals surface area (Å²) in [5, 5.41) is 1.45. The van der Waals surface area contributed by atoms with Crippen LogP contribution in [-0.2, 0) is 33.3 Å². The Hall–Kier alpha value is -1.86. The third-order valence-electron chi connectivity index (χ3n) is 4.13. The van der Waals surface area contributed by atoms with Gasteiger partial charge < -0.3 is 19.5 Å². The maximum Gasteiger partial charge on any atom is 0.422 e. The highest BCUT2D eigenvalue weighted by molar-refractivity contribution is 7.87. The van der Waals surface area contributed by atoms with Crippen LogP contribution < -0.4 is 5.32 Å². The second kappa shape index (κ2) is 8.02. The highest BCUT2D eigenvalue weighted by atomic mass is 32.2. The molecule has 0 spiro atoms. The third-order valence-corrected chi connectivity index (χ3v) is 5.85. The number of esters is 1. The Labute approximate surface area is 152 Å². The van der Waals surface area contributed by atoms with Crippen molar-refractivity contribution >= 4 is 22.2 Å². The Morgan fingerprint density at radius 3 is 2.56 bits per heavy atom. The Balaban J connectivity index is 1.79. The molecule has 1 saturated heterocycles. The Bertz CT molecular complexity index is 708. The summed E-state index contributed by atoms with van der Waals surface area (Å²) in [7, 11) is -2.40. The molecule has 1 saturated carbocycles. The van der Waals surface area contributed by atoms with Crippen molar-refractivity contribution in [3.05, 3.63) is 12.2 Å². The van der Waals surface area contributed by atoms with Gasteiger partial charge in [-0.1, -0.05) is 6.58 Å². The number of ether oxygens (including phenoxy) is 3. The summed E-state index contributed by atoms with van der Waals surface area (Å²) in [4.78, 5) is 22.9. The van der Waals surface area contributed by atoms with E-state index in [0.29, 0.717) is 0 Å². The highest BCUT2D eigenvalue weighted by Crippen LogP contribution is 2.38. The molecule has 4 atom stereocenters. The Morgan fingerprint density at radius 2 is 1.96 bits per heavy atom. The number of carbonyl (C=O) groups excluding carboxylic acids is 2. The summed E-state index contributed by atoms with van der Waals surface area (Å²) in [5.74, 6) is -1.65. The van der Waals surface area contributed by atoms with Crippen molar-refractivity contribution in [2.45, 2.75) is 42.6 Å². The number of rotatable bonds is 6. The summed E-state index contributed by atoms with van der Waals surface area (Å²) in [5.41, 5.74) is -1.66. The van der Waals surface area contributed by atoms with Crippen molar-refractivity contribution in [1.29, 1.82) is 0 Å². The van der Waals surface area contributed by atoms with Gasteiger partial charge in [0.25, 0.3) is 10.1 Å². The molecule has 2 rings (SSSR count). The van der Waals surface area contributed by atoms with Gasteiger partial charge in [0.1, 0.15) is 18.3 Å². The number of alkyl carbamates (subject to hydrolysis) is 1. The van der Waals surface area contributed by atoms with E-state index in [1.165, 1.54) is 7.11 Å². The fraction of sp³-hybridized carbons (Fsp3) is 0.714. The monoisotopic (exact) mass is 417 g/mol. The lowest BCUT2D eigenvalue weighted by molar-refractivity contribution is -0.150. The van der Waals surface area contributed by atoms with Crippen LogP contribution in [0.3, 0.4) is 0 Å². The Morgan fingerprint density at radius 1 is 1.30 bits per heavy atom. The SMILES string of the molecule is C=C(C(=O)OCCNC(=O)OC1C(OC)CC2CC1OS2(=O)=O)C(F)(F)F. The quantitative estimate of drug-likeness (QED) is 0.290. The van der Waals surface area contributed by atoms with Gasteiger partial charge in [0.15, 0.2) is 6.10 Å². The minimum Gasteiger partial charge on any atom is -0.460 e. The molecule has 154 valence electrons. The molecule has 1 aliphatic heterocycles. The maximum absolute atomic E-state index is 12.2. The van der Waals surface area contributed by atoms with E-state index in [1.807, 2.05) is 0 Å². The number of hydrogen-bond donors (Lipinski definition) is 1. The number of alkyl halides is 3. The molecule has 1 aliphatic carbocycles. The molecule has 1 heterocycles. The van der Waals surface area contributed by atoms with E-state index >= 15 is 0 Å². The van der Waals surface area contributed by atoms with E-state index < -0.39 is 64.1 Å². The van der Waals surface area contributed by atoms with E-state index in [4.69, 9.17) is 13.7 Å². The molecule has 0 aromatic carbocycles. The predicted molar refractivity (Wildman–Crippen MR) is 82.0 cm³/mol. The summed E-state index contributed by atoms with van der Waals surface area (Å²) < 4.78 is 79.8. The molecule has 27 heavy (non-hydrogen) atoms. The van der Waals surface area contributed by atoms with Gasteiger partial charge >= 0.3 is 18.2 Å². The molecule has 0 aromatic rings. The zero-order valence-corrected chi connectivity index (χ0v) is 15.0. The molecule has 2 fully saturated rings. The van der Waals surface area contributed by atoms with Crippen molar-refractivity contribution in [2.24, 2.45) is 0 Å². The molecule has 4 unspecified atom stereocenters. The first kappa shape index (κ1) is 21.4. The summed E-state index contributed by atoms with van der Waals surface area (Å²) in [6.07, 6.45) is -8.17. The van der Waals surface area contributed by atoms with Gasteiger partial charge in [-0.05, 0) is 12.8 Å². The van der Waals surface area contributed by atoms with Crippen LogP contribution in [0.25, 0.3) is 0 Å². The number of fused-ring (bicyclic) bond motifs is 2. The second-order valence-electron chi connectivity index (χ2n) is 5.90. The van der Waals surface area contributed by atoms with Crippen molar-refractivity contribution in [1.82, 2.24) is 5.32 Å². The van der Waals surface area contributed by atoms with Crippen LogP contribution in [0.5, 0.6) is 0 Å². The van der Waals surface area contributed by atoms with Crippen molar-refractivity contribution < 1.29 is 49.6 Å². The lowest BCUT2D eigenvalue weighted by atomic mass is 9.91. The third kappa shape index (κ3) is 5.11. The molecule has 2 bridgehead atoms. The van der Waals surface area contributed by atoms with E-state index in [-0.39, 0.29) is 19.4 Å². The zero-order chi connectivity index (χ0) is 20.4. The average Bonchev–Trinajstić information content (AvgIpc) is 2.82. The van der Waals surface area contributed by atoms with Crippen molar-refractivity contribution in [3.8, 4) is 0 Å². The molecule has 2 aliphatic rings. The van der Waals surface area contributed by atoms with Crippen LogP contribution in [0.15, 0.2) is 12.2 Å². The molecule has 1 amide bonds. The molecule has 1 N–H and O–H groups in total. The fourth-order valence-corrected chi connectivity index (χ4v) is 4.29. The number of methoxy groups -OCH3 is 1. The number of hydrogen-bond acceptors (Lipinski definition) is 8. The molecule has 0 radical (unpaired) electrons. The minimum atomic E-state index is -4.90. The highest BCUT2D eigenvalue weighted by Gasteiger charge is 2.53. The van der Waals surface area contributed by atoms with Gasteiger partial charge in [0.05, 0.1) is 17.9 Å². The minimum absolute atomic E-state index is 0.102. The predicted octanol–water partition coefficient (Wildman–Crippen LogP) is 0.649. The first-order chi connectivity index (χ1) is 12.5. The first-order valence-electron chi connectivity index (χ1n) is 7.78. The molecular formula is C14H18F3NO8S. The van der Waals surface area contributed by atoms with Crippen LogP contribution in [0.2, 0.25) is 0 Å². The lowest BCUT2D eigenvalue weighted by Gasteiger charge is -2.32. The molecular weight excluding hydrogens is 399 g/mol. The summed E-state index contributed by atoms with van der Waals surface area (Å²) in [6, 6.07) is 0. The van der Waals surface area contributed by atoms with Crippen molar-refractivity contribution in [2.75, 3.05) is 20.3 Å². The zero-order valence-electron chi connectivity index (χ0n) is 14.2. The summed E-state index contributed by atoms with van der Waals surface area (Å²) >= 11 is 0. The number of carbonyl (C=O) groups is 2. The largest absolute Gasteiger partial charge is 0.460 e. The van der Waals surface area contributed by atoms with E-state index in [1.54, 1.807) is 0 Å². The van der Waals surface area contributed by atoms with Gasteiger partial charge in [0, 0.05) is 7.11 Å². The van der Waals surface area contributed by atoms with E-state index in [0.717, 1.165) is 0 Å². The number of halogens is 3. The molecule has 9 nitrogen and oxygen atoms in total. The van der Waals surface area contributed by atoms with E-state index in [2.05, 4.69) is 16.6 Å². The second-order valence-corrected chi connectivity index (χ2v) is 7.75. The average molecular weight is 417 g/mol. The molecule has 0 aromatic heterocycles. The van der Waals surface area contributed by atoms with Crippen LogP contribution in [0, 0.1) is 0 Å². The van der Waals surface area contributed by atoms with E-state index in [9.17, 15) is 31.2 Å². The van der Waals surface area contributed by atoms with Crippen LogP contribution in [-0.4, -0.2) is 70.5 Å². The van der Waals surface area contributed by atoms with Crippen LogP contribution >= 0.6 is 0 Å². The molecule has 13 heteroatoms. The maximum atomic E-state index is 12.2. The van der Waals surface area contributed by atoms with Crippen LogP contribution in [0.4, 0.5) is 18.0 Å². The number of nitrogens with one attached hydrogen (secondary N) is 1. The van der Waals surface area contributed by atoms with Crippen molar-refractivity contribution in [3.63, 3.8) is 0 Å². The van der Waals surface area contributed by atoms with Gasteiger partial charge in [-0.25, -0.2) is 9.59 Å². The topological polar surface area (TPSA) is 117 Å². The standard InChI is InChI=1S/C14H18F3NO8S/c1-7(14(15,16)17)12(19)24-4-3-18-13(20)25-11-9(23-2)5-8-6-10(11)26-27(8,21)22/h8-11H,1,3-6H2,2H3,(H,18,20). The van der Waals surface area contributed by atoms with Crippen LogP contribution in [0.1, 0.15) is 12.8 Å². The smallest absolute Gasteiger partial charge is 0.422 e. The van der Waals surface area contributed by atoms with Gasteiger partial charge in [0.2, 0.25) is 0 Å². The normalized spacial score (nSPS) is 29.0.